The van der Waals surface area contributed by atoms with E-state index in [0.29, 0.717) is 17.1 Å². The highest BCUT2D eigenvalue weighted by molar-refractivity contribution is 9.10. The van der Waals surface area contributed by atoms with Crippen LogP contribution in [-0.2, 0) is 6.54 Å². The Labute approximate surface area is 130 Å². The minimum atomic E-state index is -0.377. The van der Waals surface area contributed by atoms with E-state index in [1.165, 1.54) is 6.07 Å². The Morgan fingerprint density at radius 3 is 2.70 bits per heavy atom. The Hall–Kier alpha value is -1.59. The lowest BCUT2D eigenvalue weighted by Crippen LogP contribution is -2.04. The normalized spacial score (nSPS) is 10.3. The van der Waals surface area contributed by atoms with Crippen molar-refractivity contribution in [1.82, 2.24) is 0 Å². The first kappa shape index (κ1) is 14.8. The molecular weight excluding hydrogens is 344 g/mol. The van der Waals surface area contributed by atoms with Crippen molar-refractivity contribution in [3.05, 3.63) is 67.1 Å². The van der Waals surface area contributed by atoms with Crippen molar-refractivity contribution in [2.75, 3.05) is 5.32 Å². The molecule has 0 aliphatic rings. The van der Waals surface area contributed by atoms with Gasteiger partial charge in [0.15, 0.2) is 0 Å². The SMILES string of the molecule is Cc1cc(Cl)ccc1NCc1cc(Br)ccc1[N+](=O)[O-]. The van der Waals surface area contributed by atoms with Crippen LogP contribution in [0.4, 0.5) is 11.4 Å². The quantitative estimate of drug-likeness (QED) is 0.625. The highest BCUT2D eigenvalue weighted by Crippen LogP contribution is 2.25. The zero-order chi connectivity index (χ0) is 14.7. The number of aryl methyl sites for hydroxylation is 1. The summed E-state index contributed by atoms with van der Waals surface area (Å²) in [7, 11) is 0. The molecule has 0 fully saturated rings. The van der Waals surface area contributed by atoms with E-state index >= 15 is 0 Å². The lowest BCUT2D eigenvalue weighted by atomic mass is 10.1. The fourth-order valence-electron chi connectivity index (χ4n) is 1.89. The van der Waals surface area contributed by atoms with Crippen molar-refractivity contribution in [3.63, 3.8) is 0 Å². The molecule has 104 valence electrons. The van der Waals surface area contributed by atoms with Crippen LogP contribution in [0.1, 0.15) is 11.1 Å². The molecule has 0 aliphatic carbocycles. The molecule has 0 spiro atoms. The topological polar surface area (TPSA) is 55.2 Å². The van der Waals surface area contributed by atoms with E-state index in [1.807, 2.05) is 19.1 Å². The Bertz CT molecular complexity index is 662. The van der Waals surface area contributed by atoms with E-state index in [0.717, 1.165) is 15.7 Å². The van der Waals surface area contributed by atoms with E-state index in [1.54, 1.807) is 18.2 Å². The largest absolute Gasteiger partial charge is 0.380 e. The number of anilines is 1. The van der Waals surface area contributed by atoms with Crippen LogP contribution in [-0.4, -0.2) is 4.92 Å². The van der Waals surface area contributed by atoms with Crippen LogP contribution in [0.3, 0.4) is 0 Å². The van der Waals surface area contributed by atoms with Crippen LogP contribution in [0.5, 0.6) is 0 Å². The van der Waals surface area contributed by atoms with Gasteiger partial charge < -0.3 is 5.32 Å². The molecule has 2 aromatic carbocycles. The third-order valence-corrected chi connectivity index (χ3v) is 3.62. The van der Waals surface area contributed by atoms with E-state index < -0.39 is 0 Å². The molecule has 20 heavy (non-hydrogen) atoms. The van der Waals surface area contributed by atoms with Gasteiger partial charge >= 0.3 is 0 Å². The highest BCUT2D eigenvalue weighted by Gasteiger charge is 2.13. The van der Waals surface area contributed by atoms with Gasteiger partial charge in [0.2, 0.25) is 0 Å². The predicted molar refractivity (Wildman–Crippen MR) is 84.3 cm³/mol. The molecule has 0 saturated carbocycles. The molecule has 0 aliphatic heterocycles. The molecule has 0 aromatic heterocycles. The van der Waals surface area contributed by atoms with Gasteiger partial charge in [-0.05, 0) is 42.8 Å². The molecule has 0 atom stereocenters. The highest BCUT2D eigenvalue weighted by atomic mass is 79.9. The van der Waals surface area contributed by atoms with Gasteiger partial charge in [-0.25, -0.2) is 0 Å². The zero-order valence-corrected chi connectivity index (χ0v) is 13.0. The molecule has 4 nitrogen and oxygen atoms in total. The number of hydrogen-bond acceptors (Lipinski definition) is 3. The van der Waals surface area contributed by atoms with Crippen molar-refractivity contribution in [2.24, 2.45) is 0 Å². The molecule has 2 aromatic rings. The summed E-state index contributed by atoms with van der Waals surface area (Å²) in [4.78, 5) is 10.6. The molecule has 0 saturated heterocycles. The molecule has 2 rings (SSSR count). The van der Waals surface area contributed by atoms with Crippen molar-refractivity contribution < 1.29 is 4.92 Å². The lowest BCUT2D eigenvalue weighted by Gasteiger charge is -2.10. The van der Waals surface area contributed by atoms with Gasteiger partial charge in [0, 0.05) is 33.4 Å². The number of halogens is 2. The van der Waals surface area contributed by atoms with Crippen LogP contribution >= 0.6 is 27.5 Å². The van der Waals surface area contributed by atoms with Crippen molar-refractivity contribution in [1.29, 1.82) is 0 Å². The van der Waals surface area contributed by atoms with Crippen LogP contribution in [0.2, 0.25) is 5.02 Å². The second-order valence-electron chi connectivity index (χ2n) is 4.34. The van der Waals surface area contributed by atoms with Crippen LogP contribution in [0.25, 0.3) is 0 Å². The predicted octanol–water partition coefficient (Wildman–Crippen LogP) is 4.93. The molecule has 0 bridgehead atoms. The van der Waals surface area contributed by atoms with Gasteiger partial charge in [-0.3, -0.25) is 10.1 Å². The fourth-order valence-corrected chi connectivity index (χ4v) is 2.52. The number of benzene rings is 2. The number of nitro benzene ring substituents is 1. The maximum atomic E-state index is 11.0. The van der Waals surface area contributed by atoms with Crippen molar-refractivity contribution in [3.8, 4) is 0 Å². The Morgan fingerprint density at radius 2 is 2.05 bits per heavy atom. The average Bonchev–Trinajstić information content (AvgIpc) is 2.37. The zero-order valence-electron chi connectivity index (χ0n) is 10.7. The second-order valence-corrected chi connectivity index (χ2v) is 5.70. The van der Waals surface area contributed by atoms with E-state index in [4.69, 9.17) is 11.6 Å². The summed E-state index contributed by atoms with van der Waals surface area (Å²) in [5.74, 6) is 0. The number of rotatable bonds is 4. The third kappa shape index (κ3) is 3.49. The molecule has 0 amide bonds. The number of nitrogens with one attached hydrogen (secondary N) is 1. The number of hydrogen-bond donors (Lipinski definition) is 1. The number of nitro groups is 1. The first-order valence-electron chi connectivity index (χ1n) is 5.90. The summed E-state index contributed by atoms with van der Waals surface area (Å²) >= 11 is 9.23. The summed E-state index contributed by atoms with van der Waals surface area (Å²) in [5, 5.41) is 14.9. The van der Waals surface area contributed by atoms with Crippen LogP contribution in [0.15, 0.2) is 40.9 Å². The van der Waals surface area contributed by atoms with Gasteiger partial charge in [-0.1, -0.05) is 27.5 Å². The summed E-state index contributed by atoms with van der Waals surface area (Å²) in [6.45, 7) is 2.31. The molecule has 0 unspecified atom stereocenters. The monoisotopic (exact) mass is 354 g/mol. The standard InChI is InChI=1S/C14H12BrClN2O2/c1-9-6-12(16)3-4-13(9)17-8-10-7-11(15)2-5-14(10)18(19)20/h2-7,17H,8H2,1H3. The van der Waals surface area contributed by atoms with Crippen LogP contribution in [0, 0.1) is 17.0 Å². The molecule has 6 heteroatoms. The summed E-state index contributed by atoms with van der Waals surface area (Å²) < 4.78 is 0.813. The minimum absolute atomic E-state index is 0.104. The maximum absolute atomic E-state index is 11.0. The van der Waals surface area contributed by atoms with Gasteiger partial charge in [-0.2, -0.15) is 0 Å². The van der Waals surface area contributed by atoms with Crippen molar-refractivity contribution >= 4 is 38.9 Å². The molecule has 1 N–H and O–H groups in total. The molecular formula is C14H12BrClN2O2. The average molecular weight is 356 g/mol. The van der Waals surface area contributed by atoms with Gasteiger partial charge in [0.1, 0.15) is 0 Å². The summed E-state index contributed by atoms with van der Waals surface area (Å²) in [6.07, 6.45) is 0. The second kappa shape index (κ2) is 6.24. The van der Waals surface area contributed by atoms with Crippen molar-refractivity contribution in [2.45, 2.75) is 13.5 Å². The lowest BCUT2D eigenvalue weighted by molar-refractivity contribution is -0.385. The van der Waals surface area contributed by atoms with Gasteiger partial charge in [-0.15, -0.1) is 0 Å². The van der Waals surface area contributed by atoms with Crippen LogP contribution < -0.4 is 5.32 Å². The van der Waals surface area contributed by atoms with Gasteiger partial charge in [0.05, 0.1) is 4.92 Å². The van der Waals surface area contributed by atoms with E-state index in [2.05, 4.69) is 21.2 Å². The number of nitrogens with zero attached hydrogens (tertiary/aromatic N) is 1. The summed E-state index contributed by atoms with van der Waals surface area (Å²) in [6, 6.07) is 10.4. The molecule has 0 heterocycles. The Kier molecular flexibility index (Phi) is 4.62. The summed E-state index contributed by atoms with van der Waals surface area (Å²) in [5.41, 5.74) is 2.63. The minimum Gasteiger partial charge on any atom is -0.380 e. The molecule has 0 radical (unpaired) electrons. The Morgan fingerprint density at radius 1 is 1.30 bits per heavy atom. The Balaban J connectivity index is 2.22. The van der Waals surface area contributed by atoms with Gasteiger partial charge in [0.25, 0.3) is 5.69 Å². The first-order chi connectivity index (χ1) is 9.47. The smallest absolute Gasteiger partial charge is 0.274 e. The first-order valence-corrected chi connectivity index (χ1v) is 7.07. The fraction of sp³-hybridized carbons (Fsp3) is 0.143. The van der Waals surface area contributed by atoms with E-state index in [-0.39, 0.29) is 10.6 Å². The van der Waals surface area contributed by atoms with E-state index in [9.17, 15) is 10.1 Å². The third-order valence-electron chi connectivity index (χ3n) is 2.90. The maximum Gasteiger partial charge on any atom is 0.274 e.